The SMILES string of the molecule is CN(CCBr)C(=O)c1cn(C)cn1. The van der Waals surface area contributed by atoms with Crippen LogP contribution in [0.2, 0.25) is 0 Å². The van der Waals surface area contributed by atoms with Crippen molar-refractivity contribution < 1.29 is 4.79 Å². The second-order valence-electron chi connectivity index (χ2n) is 2.84. The fourth-order valence-electron chi connectivity index (χ4n) is 0.947. The Bertz CT molecular complexity index is 297. The molecule has 72 valence electrons. The van der Waals surface area contributed by atoms with Gasteiger partial charge in [-0.15, -0.1) is 0 Å². The Kier molecular flexibility index (Phi) is 3.48. The maximum absolute atomic E-state index is 11.6. The maximum Gasteiger partial charge on any atom is 0.273 e. The largest absolute Gasteiger partial charge is 0.340 e. The highest BCUT2D eigenvalue weighted by Crippen LogP contribution is 1.99. The second-order valence-corrected chi connectivity index (χ2v) is 3.63. The van der Waals surface area contributed by atoms with E-state index in [0.717, 1.165) is 5.33 Å². The number of carbonyl (C=O) groups is 1. The molecule has 1 amide bonds. The van der Waals surface area contributed by atoms with Gasteiger partial charge < -0.3 is 9.47 Å². The lowest BCUT2D eigenvalue weighted by Gasteiger charge is -2.13. The second kappa shape index (κ2) is 4.41. The Labute approximate surface area is 85.7 Å². The van der Waals surface area contributed by atoms with Crippen molar-refractivity contribution in [2.24, 2.45) is 7.05 Å². The van der Waals surface area contributed by atoms with Gasteiger partial charge in [0, 0.05) is 32.2 Å². The van der Waals surface area contributed by atoms with Crippen LogP contribution in [-0.2, 0) is 7.05 Å². The normalized spacial score (nSPS) is 10.1. The molecule has 1 heterocycles. The number of carbonyl (C=O) groups excluding carboxylic acids is 1. The van der Waals surface area contributed by atoms with Crippen LogP contribution in [-0.4, -0.2) is 39.3 Å². The molecule has 0 atom stereocenters. The molecule has 0 unspecified atom stereocenters. The summed E-state index contributed by atoms with van der Waals surface area (Å²) in [7, 11) is 3.60. The molecule has 4 nitrogen and oxygen atoms in total. The van der Waals surface area contributed by atoms with Gasteiger partial charge in [-0.1, -0.05) is 15.9 Å². The highest BCUT2D eigenvalue weighted by molar-refractivity contribution is 9.09. The summed E-state index contributed by atoms with van der Waals surface area (Å²) in [4.78, 5) is 17.2. The number of aryl methyl sites for hydroxylation is 1. The third kappa shape index (κ3) is 2.55. The highest BCUT2D eigenvalue weighted by atomic mass is 79.9. The Morgan fingerprint density at radius 1 is 1.77 bits per heavy atom. The Morgan fingerprint density at radius 2 is 2.46 bits per heavy atom. The van der Waals surface area contributed by atoms with E-state index in [1.54, 1.807) is 29.0 Å². The Hall–Kier alpha value is -0.840. The number of hydrogen-bond acceptors (Lipinski definition) is 2. The zero-order valence-corrected chi connectivity index (χ0v) is 9.28. The van der Waals surface area contributed by atoms with Gasteiger partial charge in [0.2, 0.25) is 0 Å². The fourth-order valence-corrected chi connectivity index (χ4v) is 1.48. The minimum Gasteiger partial charge on any atom is -0.340 e. The number of aromatic nitrogens is 2. The average molecular weight is 246 g/mol. The quantitative estimate of drug-likeness (QED) is 0.743. The molecule has 0 bridgehead atoms. The molecule has 0 radical (unpaired) electrons. The van der Waals surface area contributed by atoms with E-state index in [-0.39, 0.29) is 5.91 Å². The van der Waals surface area contributed by atoms with Gasteiger partial charge in [0.15, 0.2) is 0 Å². The van der Waals surface area contributed by atoms with E-state index in [0.29, 0.717) is 12.2 Å². The van der Waals surface area contributed by atoms with E-state index >= 15 is 0 Å². The third-order valence-corrected chi connectivity index (χ3v) is 2.05. The molecule has 0 aromatic carbocycles. The first-order valence-electron chi connectivity index (χ1n) is 3.94. The number of hydrogen-bond donors (Lipinski definition) is 0. The van der Waals surface area contributed by atoms with Crippen molar-refractivity contribution in [3.8, 4) is 0 Å². The number of alkyl halides is 1. The van der Waals surface area contributed by atoms with Crippen molar-refractivity contribution in [1.29, 1.82) is 0 Å². The van der Waals surface area contributed by atoms with Crippen molar-refractivity contribution in [1.82, 2.24) is 14.5 Å². The molecule has 0 aliphatic rings. The van der Waals surface area contributed by atoms with Crippen LogP contribution in [0, 0.1) is 0 Å². The van der Waals surface area contributed by atoms with Gasteiger partial charge in [0.05, 0.1) is 6.33 Å². The molecular weight excluding hydrogens is 234 g/mol. The molecule has 1 aromatic rings. The van der Waals surface area contributed by atoms with Gasteiger partial charge in [-0.3, -0.25) is 4.79 Å². The summed E-state index contributed by atoms with van der Waals surface area (Å²) < 4.78 is 1.76. The van der Waals surface area contributed by atoms with Crippen LogP contribution < -0.4 is 0 Å². The lowest BCUT2D eigenvalue weighted by molar-refractivity contribution is 0.0799. The predicted octanol–water partition coefficient (Wildman–Crippen LogP) is 0.887. The van der Waals surface area contributed by atoms with E-state index in [4.69, 9.17) is 0 Å². The van der Waals surface area contributed by atoms with Crippen molar-refractivity contribution >= 4 is 21.8 Å². The highest BCUT2D eigenvalue weighted by Gasteiger charge is 2.12. The molecule has 13 heavy (non-hydrogen) atoms. The topological polar surface area (TPSA) is 38.1 Å². The smallest absolute Gasteiger partial charge is 0.273 e. The molecule has 0 saturated heterocycles. The molecular formula is C8H12BrN3O. The summed E-state index contributed by atoms with van der Waals surface area (Å²) >= 11 is 3.28. The first kappa shape index (κ1) is 10.2. The fraction of sp³-hybridized carbons (Fsp3) is 0.500. The number of rotatable bonds is 3. The predicted molar refractivity (Wildman–Crippen MR) is 54.0 cm³/mol. The van der Waals surface area contributed by atoms with Crippen LogP contribution in [0.4, 0.5) is 0 Å². The first-order chi connectivity index (χ1) is 6.15. The molecule has 0 spiro atoms. The maximum atomic E-state index is 11.6. The first-order valence-corrected chi connectivity index (χ1v) is 5.06. The molecule has 1 rings (SSSR count). The summed E-state index contributed by atoms with van der Waals surface area (Å²) in [5.74, 6) is -0.0416. The number of imidazole rings is 1. The van der Waals surface area contributed by atoms with Gasteiger partial charge in [-0.2, -0.15) is 0 Å². The molecule has 0 aliphatic carbocycles. The minimum atomic E-state index is -0.0416. The van der Waals surface area contributed by atoms with E-state index in [2.05, 4.69) is 20.9 Å². The van der Waals surface area contributed by atoms with Gasteiger partial charge in [-0.05, 0) is 0 Å². The van der Waals surface area contributed by atoms with Crippen LogP contribution in [0.5, 0.6) is 0 Å². The van der Waals surface area contributed by atoms with Crippen molar-refractivity contribution in [2.45, 2.75) is 0 Å². The van der Waals surface area contributed by atoms with Gasteiger partial charge >= 0.3 is 0 Å². The lowest BCUT2D eigenvalue weighted by atomic mass is 10.4. The Morgan fingerprint density at radius 3 is 2.92 bits per heavy atom. The summed E-state index contributed by atoms with van der Waals surface area (Å²) in [5, 5.41) is 0.780. The summed E-state index contributed by atoms with van der Waals surface area (Å²) in [6, 6.07) is 0. The molecule has 0 saturated carbocycles. The summed E-state index contributed by atoms with van der Waals surface area (Å²) in [5.41, 5.74) is 0.492. The third-order valence-electron chi connectivity index (χ3n) is 1.69. The van der Waals surface area contributed by atoms with E-state index in [1.165, 1.54) is 0 Å². The molecule has 1 aromatic heterocycles. The summed E-state index contributed by atoms with van der Waals surface area (Å²) in [6.07, 6.45) is 3.34. The molecule has 0 fully saturated rings. The van der Waals surface area contributed by atoms with Crippen molar-refractivity contribution in [3.63, 3.8) is 0 Å². The van der Waals surface area contributed by atoms with Gasteiger partial charge in [0.25, 0.3) is 5.91 Å². The van der Waals surface area contributed by atoms with Crippen LogP contribution in [0.3, 0.4) is 0 Å². The van der Waals surface area contributed by atoms with Gasteiger partial charge in [0.1, 0.15) is 5.69 Å². The Balaban J connectivity index is 2.67. The zero-order valence-electron chi connectivity index (χ0n) is 7.70. The van der Waals surface area contributed by atoms with Crippen LogP contribution in [0.15, 0.2) is 12.5 Å². The van der Waals surface area contributed by atoms with Crippen LogP contribution >= 0.6 is 15.9 Å². The number of nitrogens with zero attached hydrogens (tertiary/aromatic N) is 3. The van der Waals surface area contributed by atoms with Crippen molar-refractivity contribution in [2.75, 3.05) is 18.9 Å². The van der Waals surface area contributed by atoms with E-state index in [9.17, 15) is 4.79 Å². The summed E-state index contributed by atoms with van der Waals surface area (Å²) in [6.45, 7) is 0.690. The molecule has 0 N–H and O–H groups in total. The average Bonchev–Trinajstić information content (AvgIpc) is 2.51. The standard InChI is InChI=1S/C8H12BrN3O/c1-11-5-7(10-6-11)8(13)12(2)4-3-9/h5-6H,3-4H2,1-2H3. The van der Waals surface area contributed by atoms with Gasteiger partial charge in [-0.25, -0.2) is 4.98 Å². The van der Waals surface area contributed by atoms with Crippen LogP contribution in [0.25, 0.3) is 0 Å². The monoisotopic (exact) mass is 245 g/mol. The van der Waals surface area contributed by atoms with E-state index in [1.807, 2.05) is 7.05 Å². The number of halogens is 1. The lowest BCUT2D eigenvalue weighted by Crippen LogP contribution is -2.28. The zero-order chi connectivity index (χ0) is 9.84. The number of amides is 1. The molecule has 0 aliphatic heterocycles. The molecule has 5 heteroatoms. The van der Waals surface area contributed by atoms with Crippen molar-refractivity contribution in [3.05, 3.63) is 18.2 Å². The minimum absolute atomic E-state index is 0.0416. The van der Waals surface area contributed by atoms with E-state index < -0.39 is 0 Å². The van der Waals surface area contributed by atoms with Crippen LogP contribution in [0.1, 0.15) is 10.5 Å².